The van der Waals surface area contributed by atoms with Crippen molar-refractivity contribution in [2.45, 2.75) is 19.9 Å². The molecule has 1 fully saturated rings. The zero-order valence-electron chi connectivity index (χ0n) is 16.8. The average molecular weight is 429 g/mol. The number of halogens is 2. The van der Waals surface area contributed by atoms with Crippen molar-refractivity contribution in [3.8, 4) is 11.4 Å². The molecule has 1 saturated heterocycles. The molecule has 1 aliphatic heterocycles. The Morgan fingerprint density at radius 2 is 1.83 bits per heavy atom. The van der Waals surface area contributed by atoms with Gasteiger partial charge in [-0.15, -0.1) is 0 Å². The van der Waals surface area contributed by atoms with E-state index < -0.39 is 5.82 Å². The molecule has 0 bridgehead atoms. The molecule has 156 valence electrons. The predicted octanol–water partition coefficient (Wildman–Crippen LogP) is 4.36. The Hall–Kier alpha value is -2.77. The van der Waals surface area contributed by atoms with Crippen LogP contribution in [0, 0.1) is 12.7 Å². The summed E-state index contributed by atoms with van der Waals surface area (Å²) in [7, 11) is 0. The fourth-order valence-corrected chi connectivity index (χ4v) is 3.77. The van der Waals surface area contributed by atoms with E-state index in [1.165, 1.54) is 17.7 Å². The molecule has 6 nitrogen and oxygen atoms in total. The number of piperazine rings is 1. The highest BCUT2D eigenvalue weighted by molar-refractivity contribution is 6.33. The molecule has 1 amide bonds. The monoisotopic (exact) mass is 428 g/mol. The van der Waals surface area contributed by atoms with Gasteiger partial charge in [0, 0.05) is 31.7 Å². The molecule has 3 aromatic rings. The van der Waals surface area contributed by atoms with Crippen LogP contribution < -0.4 is 0 Å². The van der Waals surface area contributed by atoms with E-state index in [4.69, 9.17) is 16.1 Å². The number of carbonyl (C=O) groups excluding carboxylic acids is 1. The lowest BCUT2D eigenvalue weighted by molar-refractivity contribution is 0.0552. The minimum Gasteiger partial charge on any atom is -0.337 e. The quantitative estimate of drug-likeness (QED) is 0.618. The number of benzene rings is 2. The van der Waals surface area contributed by atoms with E-state index in [0.29, 0.717) is 43.5 Å². The van der Waals surface area contributed by atoms with Gasteiger partial charge in [-0.2, -0.15) is 4.98 Å². The van der Waals surface area contributed by atoms with Crippen molar-refractivity contribution >= 4 is 17.5 Å². The SMILES string of the molecule is Cc1ccc(-c2noc(C(C)N3CCN(C(=O)c4ccc(F)cc4Cl)CC3)n2)cc1. The maximum absolute atomic E-state index is 13.2. The second-order valence-electron chi connectivity index (χ2n) is 7.45. The second-order valence-corrected chi connectivity index (χ2v) is 7.86. The highest BCUT2D eigenvalue weighted by Gasteiger charge is 2.29. The van der Waals surface area contributed by atoms with Crippen LogP contribution in [-0.2, 0) is 0 Å². The van der Waals surface area contributed by atoms with Gasteiger partial charge in [0.1, 0.15) is 5.82 Å². The Labute approximate surface area is 179 Å². The molecule has 4 rings (SSSR count). The van der Waals surface area contributed by atoms with E-state index in [9.17, 15) is 9.18 Å². The third-order valence-corrected chi connectivity index (χ3v) is 5.73. The van der Waals surface area contributed by atoms with Crippen LogP contribution in [0.1, 0.15) is 34.8 Å². The maximum Gasteiger partial charge on any atom is 0.255 e. The molecule has 1 atom stereocenters. The smallest absolute Gasteiger partial charge is 0.255 e. The molecular weight excluding hydrogens is 407 g/mol. The van der Waals surface area contributed by atoms with Gasteiger partial charge in [0.2, 0.25) is 11.7 Å². The lowest BCUT2D eigenvalue weighted by Crippen LogP contribution is -2.49. The van der Waals surface area contributed by atoms with Crippen molar-refractivity contribution in [1.82, 2.24) is 19.9 Å². The first-order valence-corrected chi connectivity index (χ1v) is 10.2. The van der Waals surface area contributed by atoms with E-state index in [1.54, 1.807) is 4.90 Å². The molecule has 8 heteroatoms. The first-order chi connectivity index (χ1) is 14.4. The van der Waals surface area contributed by atoms with Gasteiger partial charge in [-0.05, 0) is 32.0 Å². The Morgan fingerprint density at radius 1 is 1.13 bits per heavy atom. The minimum atomic E-state index is -0.459. The predicted molar refractivity (Wildman–Crippen MR) is 112 cm³/mol. The van der Waals surface area contributed by atoms with Crippen molar-refractivity contribution < 1.29 is 13.7 Å². The summed E-state index contributed by atoms with van der Waals surface area (Å²) in [5.74, 6) is 0.468. The van der Waals surface area contributed by atoms with Crippen LogP contribution in [0.25, 0.3) is 11.4 Å². The number of rotatable bonds is 4. The molecule has 0 saturated carbocycles. The summed E-state index contributed by atoms with van der Waals surface area (Å²) in [4.78, 5) is 21.2. The summed E-state index contributed by atoms with van der Waals surface area (Å²) in [6.07, 6.45) is 0. The van der Waals surface area contributed by atoms with E-state index in [-0.39, 0.29) is 17.0 Å². The molecule has 0 radical (unpaired) electrons. The highest BCUT2D eigenvalue weighted by Crippen LogP contribution is 2.25. The van der Waals surface area contributed by atoms with Crippen molar-refractivity contribution in [1.29, 1.82) is 0 Å². The fourth-order valence-electron chi connectivity index (χ4n) is 3.53. The van der Waals surface area contributed by atoms with Crippen molar-refractivity contribution in [2.75, 3.05) is 26.2 Å². The molecule has 2 heterocycles. The van der Waals surface area contributed by atoms with Gasteiger partial charge in [-0.25, -0.2) is 4.39 Å². The Balaban J connectivity index is 1.39. The third-order valence-electron chi connectivity index (χ3n) is 5.42. The van der Waals surface area contributed by atoms with E-state index in [1.807, 2.05) is 38.1 Å². The normalized spacial score (nSPS) is 15.9. The van der Waals surface area contributed by atoms with Gasteiger partial charge in [0.25, 0.3) is 5.91 Å². The minimum absolute atomic E-state index is 0.0663. The number of hydrogen-bond donors (Lipinski definition) is 0. The van der Waals surface area contributed by atoms with Gasteiger partial charge in [-0.3, -0.25) is 9.69 Å². The molecular formula is C22H22ClFN4O2. The fraction of sp³-hybridized carbons (Fsp3) is 0.318. The van der Waals surface area contributed by atoms with Crippen LogP contribution in [0.3, 0.4) is 0 Å². The number of amides is 1. The van der Waals surface area contributed by atoms with Crippen LogP contribution in [0.5, 0.6) is 0 Å². The summed E-state index contributed by atoms with van der Waals surface area (Å²) < 4.78 is 18.7. The molecule has 0 spiro atoms. The van der Waals surface area contributed by atoms with E-state index in [2.05, 4.69) is 15.0 Å². The summed E-state index contributed by atoms with van der Waals surface area (Å²) >= 11 is 6.04. The van der Waals surface area contributed by atoms with Gasteiger partial charge < -0.3 is 9.42 Å². The van der Waals surface area contributed by atoms with E-state index in [0.717, 1.165) is 11.6 Å². The lowest BCUT2D eigenvalue weighted by Gasteiger charge is -2.36. The van der Waals surface area contributed by atoms with Crippen LogP contribution in [0.4, 0.5) is 4.39 Å². The van der Waals surface area contributed by atoms with Gasteiger partial charge in [0.15, 0.2) is 0 Å². The number of carbonyl (C=O) groups is 1. The summed E-state index contributed by atoms with van der Waals surface area (Å²) in [5, 5.41) is 4.24. The average Bonchev–Trinajstić information content (AvgIpc) is 3.24. The number of nitrogens with zero attached hydrogens (tertiary/aromatic N) is 4. The van der Waals surface area contributed by atoms with Crippen LogP contribution in [-0.4, -0.2) is 52.0 Å². The number of aromatic nitrogens is 2. The van der Waals surface area contributed by atoms with Gasteiger partial charge in [-0.1, -0.05) is 46.6 Å². The largest absolute Gasteiger partial charge is 0.337 e. The molecule has 1 unspecified atom stereocenters. The topological polar surface area (TPSA) is 62.5 Å². The lowest BCUT2D eigenvalue weighted by atomic mass is 10.1. The molecule has 1 aliphatic rings. The van der Waals surface area contributed by atoms with E-state index >= 15 is 0 Å². The standard InChI is InChI=1S/C22H22ClFN4O2/c1-14-3-5-16(6-4-14)20-25-21(30-26-20)15(2)27-9-11-28(12-10-27)22(29)18-8-7-17(24)13-19(18)23/h3-8,13,15H,9-12H2,1-2H3. The molecule has 30 heavy (non-hydrogen) atoms. The van der Waals surface area contributed by atoms with Crippen molar-refractivity contribution in [2.24, 2.45) is 0 Å². The molecule has 2 aromatic carbocycles. The maximum atomic E-state index is 13.2. The molecule has 1 aromatic heterocycles. The molecule has 0 aliphatic carbocycles. The Kier molecular flexibility index (Phi) is 5.83. The number of aryl methyl sites for hydroxylation is 1. The first kappa shape index (κ1) is 20.5. The van der Waals surface area contributed by atoms with Crippen LogP contribution >= 0.6 is 11.6 Å². The Bertz CT molecular complexity index is 1050. The number of hydrogen-bond acceptors (Lipinski definition) is 5. The van der Waals surface area contributed by atoms with Crippen LogP contribution in [0.15, 0.2) is 47.0 Å². The zero-order chi connectivity index (χ0) is 21.3. The first-order valence-electron chi connectivity index (χ1n) is 9.81. The van der Waals surface area contributed by atoms with Crippen molar-refractivity contribution in [3.05, 3.63) is 70.3 Å². The summed E-state index contributed by atoms with van der Waals surface area (Å²) in [6.45, 7) is 6.44. The third kappa shape index (κ3) is 4.22. The van der Waals surface area contributed by atoms with Gasteiger partial charge >= 0.3 is 0 Å². The Morgan fingerprint density at radius 3 is 2.50 bits per heavy atom. The van der Waals surface area contributed by atoms with Crippen LogP contribution in [0.2, 0.25) is 5.02 Å². The second kappa shape index (κ2) is 8.53. The summed E-state index contributed by atoms with van der Waals surface area (Å²) in [6, 6.07) is 11.7. The summed E-state index contributed by atoms with van der Waals surface area (Å²) in [5.41, 5.74) is 2.40. The molecule has 0 N–H and O–H groups in total. The zero-order valence-corrected chi connectivity index (χ0v) is 17.6. The highest BCUT2D eigenvalue weighted by atomic mass is 35.5. The van der Waals surface area contributed by atoms with Gasteiger partial charge in [0.05, 0.1) is 16.6 Å². The van der Waals surface area contributed by atoms with Crippen molar-refractivity contribution in [3.63, 3.8) is 0 Å².